The SMILES string of the molecule is C=CC1CCC(CCC)NC1N. The minimum atomic E-state index is 0.132. The Kier molecular flexibility index (Phi) is 3.76. The molecule has 12 heavy (non-hydrogen) atoms. The molecule has 0 bridgehead atoms. The summed E-state index contributed by atoms with van der Waals surface area (Å²) in [5, 5.41) is 3.42. The van der Waals surface area contributed by atoms with Gasteiger partial charge in [-0.3, -0.25) is 5.32 Å². The van der Waals surface area contributed by atoms with Gasteiger partial charge in [0.25, 0.3) is 0 Å². The van der Waals surface area contributed by atoms with Crippen molar-refractivity contribution in [2.24, 2.45) is 11.7 Å². The van der Waals surface area contributed by atoms with Crippen LogP contribution in [-0.2, 0) is 0 Å². The Morgan fingerprint density at radius 2 is 2.33 bits per heavy atom. The standard InChI is InChI=1S/C10H20N2/c1-3-5-9-7-6-8(4-2)10(11)12-9/h4,8-10,12H,2-3,5-7,11H2,1H3. The molecular formula is C10H20N2. The van der Waals surface area contributed by atoms with Crippen molar-refractivity contribution in [1.29, 1.82) is 0 Å². The van der Waals surface area contributed by atoms with Crippen LogP contribution >= 0.6 is 0 Å². The topological polar surface area (TPSA) is 38.0 Å². The molecule has 1 fully saturated rings. The largest absolute Gasteiger partial charge is 0.315 e. The molecule has 1 heterocycles. The van der Waals surface area contributed by atoms with Crippen LogP contribution in [0.25, 0.3) is 0 Å². The highest BCUT2D eigenvalue weighted by atomic mass is 15.1. The van der Waals surface area contributed by atoms with Crippen molar-refractivity contribution in [3.63, 3.8) is 0 Å². The zero-order valence-corrected chi connectivity index (χ0v) is 7.92. The van der Waals surface area contributed by atoms with Gasteiger partial charge >= 0.3 is 0 Å². The highest BCUT2D eigenvalue weighted by molar-refractivity contribution is 4.91. The summed E-state index contributed by atoms with van der Waals surface area (Å²) >= 11 is 0. The van der Waals surface area contributed by atoms with E-state index in [0.29, 0.717) is 12.0 Å². The molecule has 0 radical (unpaired) electrons. The lowest BCUT2D eigenvalue weighted by atomic mass is 9.90. The maximum atomic E-state index is 5.93. The molecule has 0 saturated carbocycles. The van der Waals surface area contributed by atoms with E-state index in [1.165, 1.54) is 25.7 Å². The molecule has 0 aliphatic carbocycles. The highest BCUT2D eigenvalue weighted by Crippen LogP contribution is 2.20. The molecule has 0 aromatic rings. The van der Waals surface area contributed by atoms with Gasteiger partial charge in [-0.25, -0.2) is 0 Å². The summed E-state index contributed by atoms with van der Waals surface area (Å²) in [6.07, 6.45) is 7.04. The van der Waals surface area contributed by atoms with Crippen LogP contribution in [-0.4, -0.2) is 12.2 Å². The summed E-state index contributed by atoms with van der Waals surface area (Å²) in [6.45, 7) is 6.00. The molecule has 3 atom stereocenters. The first-order valence-electron chi connectivity index (χ1n) is 4.92. The first-order chi connectivity index (χ1) is 5.77. The summed E-state index contributed by atoms with van der Waals surface area (Å²) in [7, 11) is 0. The molecule has 1 aliphatic rings. The van der Waals surface area contributed by atoms with E-state index in [1.807, 2.05) is 6.08 Å². The summed E-state index contributed by atoms with van der Waals surface area (Å²) in [6, 6.07) is 0.640. The first-order valence-corrected chi connectivity index (χ1v) is 4.92. The van der Waals surface area contributed by atoms with Gasteiger partial charge in [0.1, 0.15) is 0 Å². The molecule has 1 rings (SSSR count). The lowest BCUT2D eigenvalue weighted by molar-refractivity contribution is 0.261. The van der Waals surface area contributed by atoms with Gasteiger partial charge in [0.05, 0.1) is 6.17 Å². The maximum Gasteiger partial charge on any atom is 0.0612 e. The van der Waals surface area contributed by atoms with Crippen molar-refractivity contribution in [2.45, 2.75) is 44.8 Å². The van der Waals surface area contributed by atoms with E-state index in [1.54, 1.807) is 0 Å². The van der Waals surface area contributed by atoms with Gasteiger partial charge in [-0.05, 0) is 19.3 Å². The molecule has 1 saturated heterocycles. The van der Waals surface area contributed by atoms with E-state index in [9.17, 15) is 0 Å². The number of nitrogens with one attached hydrogen (secondary N) is 1. The Labute approximate surface area is 75.2 Å². The van der Waals surface area contributed by atoms with Crippen LogP contribution in [0.1, 0.15) is 32.6 Å². The first kappa shape index (κ1) is 9.75. The second-order valence-electron chi connectivity index (χ2n) is 3.65. The van der Waals surface area contributed by atoms with Crippen LogP contribution in [0.15, 0.2) is 12.7 Å². The molecule has 70 valence electrons. The van der Waals surface area contributed by atoms with Crippen molar-refractivity contribution >= 4 is 0 Å². The number of hydrogen-bond donors (Lipinski definition) is 2. The van der Waals surface area contributed by atoms with E-state index < -0.39 is 0 Å². The quantitative estimate of drug-likeness (QED) is 0.628. The zero-order chi connectivity index (χ0) is 8.97. The van der Waals surface area contributed by atoms with E-state index in [2.05, 4.69) is 18.8 Å². The molecule has 0 aromatic carbocycles. The van der Waals surface area contributed by atoms with Crippen molar-refractivity contribution < 1.29 is 0 Å². The Bertz CT molecular complexity index is 145. The predicted molar refractivity (Wildman–Crippen MR) is 52.7 cm³/mol. The summed E-state index contributed by atoms with van der Waals surface area (Å²) in [5.41, 5.74) is 5.93. The molecule has 0 amide bonds. The minimum absolute atomic E-state index is 0.132. The lowest BCUT2D eigenvalue weighted by Crippen LogP contribution is -2.52. The van der Waals surface area contributed by atoms with Gasteiger partial charge in [-0.15, -0.1) is 6.58 Å². The number of nitrogens with two attached hydrogens (primary N) is 1. The number of rotatable bonds is 3. The normalized spacial score (nSPS) is 36.3. The number of hydrogen-bond acceptors (Lipinski definition) is 2. The Hall–Kier alpha value is -0.340. The van der Waals surface area contributed by atoms with Crippen LogP contribution in [0, 0.1) is 5.92 Å². The molecule has 1 aliphatic heterocycles. The van der Waals surface area contributed by atoms with Crippen LogP contribution in [0.4, 0.5) is 0 Å². The average Bonchev–Trinajstić information content (AvgIpc) is 2.05. The van der Waals surface area contributed by atoms with Gasteiger partial charge in [0.15, 0.2) is 0 Å². The summed E-state index contributed by atoms with van der Waals surface area (Å²) in [5.74, 6) is 0.470. The third-order valence-corrected chi connectivity index (χ3v) is 2.68. The molecule has 2 heteroatoms. The van der Waals surface area contributed by atoms with Crippen molar-refractivity contribution in [3.05, 3.63) is 12.7 Å². The lowest BCUT2D eigenvalue weighted by Gasteiger charge is -2.33. The molecule has 0 aromatic heterocycles. The number of piperidine rings is 1. The fraction of sp³-hybridized carbons (Fsp3) is 0.800. The van der Waals surface area contributed by atoms with Crippen molar-refractivity contribution in [3.8, 4) is 0 Å². The van der Waals surface area contributed by atoms with Crippen molar-refractivity contribution in [2.75, 3.05) is 0 Å². The predicted octanol–water partition coefficient (Wildman–Crippen LogP) is 1.63. The average molecular weight is 168 g/mol. The molecule has 3 unspecified atom stereocenters. The maximum absolute atomic E-state index is 5.93. The highest BCUT2D eigenvalue weighted by Gasteiger charge is 2.24. The fourth-order valence-corrected chi connectivity index (χ4v) is 1.89. The molecule has 3 N–H and O–H groups in total. The molecule has 0 spiro atoms. The van der Waals surface area contributed by atoms with Crippen molar-refractivity contribution in [1.82, 2.24) is 5.32 Å². The second-order valence-corrected chi connectivity index (χ2v) is 3.65. The van der Waals surface area contributed by atoms with Gasteiger partial charge in [0, 0.05) is 12.0 Å². The smallest absolute Gasteiger partial charge is 0.0612 e. The Morgan fingerprint density at radius 3 is 2.83 bits per heavy atom. The van der Waals surface area contributed by atoms with E-state index in [0.717, 1.165) is 0 Å². The third-order valence-electron chi connectivity index (χ3n) is 2.68. The van der Waals surface area contributed by atoms with E-state index in [-0.39, 0.29) is 6.17 Å². The second kappa shape index (κ2) is 4.63. The van der Waals surface area contributed by atoms with Gasteiger partial charge in [-0.1, -0.05) is 19.4 Å². The zero-order valence-electron chi connectivity index (χ0n) is 7.92. The van der Waals surface area contributed by atoms with Crippen LogP contribution < -0.4 is 11.1 Å². The molecule has 2 nitrogen and oxygen atoms in total. The molecular weight excluding hydrogens is 148 g/mol. The Balaban J connectivity index is 2.35. The van der Waals surface area contributed by atoms with E-state index >= 15 is 0 Å². The third kappa shape index (κ3) is 2.32. The monoisotopic (exact) mass is 168 g/mol. The van der Waals surface area contributed by atoms with Crippen LogP contribution in [0.3, 0.4) is 0 Å². The van der Waals surface area contributed by atoms with Gasteiger partial charge in [0.2, 0.25) is 0 Å². The van der Waals surface area contributed by atoms with E-state index in [4.69, 9.17) is 5.73 Å². The summed E-state index contributed by atoms with van der Waals surface area (Å²) in [4.78, 5) is 0. The summed E-state index contributed by atoms with van der Waals surface area (Å²) < 4.78 is 0. The van der Waals surface area contributed by atoms with Crippen LogP contribution in [0.2, 0.25) is 0 Å². The fourth-order valence-electron chi connectivity index (χ4n) is 1.89. The minimum Gasteiger partial charge on any atom is -0.315 e. The van der Waals surface area contributed by atoms with Crippen LogP contribution in [0.5, 0.6) is 0 Å². The van der Waals surface area contributed by atoms with Gasteiger partial charge in [-0.2, -0.15) is 0 Å². The Morgan fingerprint density at radius 1 is 1.58 bits per heavy atom. The van der Waals surface area contributed by atoms with Gasteiger partial charge < -0.3 is 5.73 Å².